The summed E-state index contributed by atoms with van der Waals surface area (Å²) in [5.41, 5.74) is 1.06. The molecule has 0 fully saturated rings. The SMILES string of the molecule is C[C@@H](CO)NCc1ccc(Cl)c(Cl)c1. The summed E-state index contributed by atoms with van der Waals surface area (Å²) in [6.07, 6.45) is 0. The third kappa shape index (κ3) is 3.46. The molecule has 14 heavy (non-hydrogen) atoms. The first-order valence-corrected chi connectivity index (χ1v) is 5.17. The Bertz CT molecular complexity index is 304. The van der Waals surface area contributed by atoms with E-state index in [1.54, 1.807) is 6.07 Å². The van der Waals surface area contributed by atoms with E-state index in [0.29, 0.717) is 16.6 Å². The summed E-state index contributed by atoms with van der Waals surface area (Å²) in [6, 6.07) is 5.58. The van der Waals surface area contributed by atoms with Gasteiger partial charge in [0.05, 0.1) is 16.7 Å². The molecule has 0 saturated heterocycles. The maximum absolute atomic E-state index is 8.80. The lowest BCUT2D eigenvalue weighted by molar-refractivity contribution is 0.251. The van der Waals surface area contributed by atoms with Gasteiger partial charge in [0, 0.05) is 12.6 Å². The van der Waals surface area contributed by atoms with Crippen molar-refractivity contribution in [2.45, 2.75) is 19.5 Å². The summed E-state index contributed by atoms with van der Waals surface area (Å²) >= 11 is 11.6. The molecule has 0 aromatic heterocycles. The van der Waals surface area contributed by atoms with Gasteiger partial charge in [-0.15, -0.1) is 0 Å². The van der Waals surface area contributed by atoms with Crippen LogP contribution in [0, 0.1) is 0 Å². The number of nitrogens with one attached hydrogen (secondary N) is 1. The average molecular weight is 234 g/mol. The molecule has 1 rings (SSSR count). The second-order valence-electron chi connectivity index (χ2n) is 3.21. The summed E-state index contributed by atoms with van der Waals surface area (Å²) in [6.45, 7) is 2.72. The molecule has 0 heterocycles. The molecular formula is C10H13Cl2NO. The minimum absolute atomic E-state index is 0.0875. The van der Waals surface area contributed by atoms with Crippen LogP contribution in [0.25, 0.3) is 0 Å². The molecule has 0 unspecified atom stereocenters. The second kappa shape index (κ2) is 5.56. The van der Waals surface area contributed by atoms with Gasteiger partial charge in [-0.3, -0.25) is 0 Å². The maximum Gasteiger partial charge on any atom is 0.0595 e. The van der Waals surface area contributed by atoms with Crippen molar-refractivity contribution in [2.24, 2.45) is 0 Å². The number of aliphatic hydroxyl groups excluding tert-OH is 1. The van der Waals surface area contributed by atoms with Crippen molar-refractivity contribution in [3.8, 4) is 0 Å². The van der Waals surface area contributed by atoms with Crippen LogP contribution in [0.5, 0.6) is 0 Å². The van der Waals surface area contributed by atoms with Gasteiger partial charge < -0.3 is 10.4 Å². The Hall–Kier alpha value is -0.280. The van der Waals surface area contributed by atoms with Crippen LogP contribution in [0.2, 0.25) is 10.0 Å². The van der Waals surface area contributed by atoms with E-state index in [0.717, 1.165) is 5.56 Å². The maximum atomic E-state index is 8.80. The fourth-order valence-electron chi connectivity index (χ4n) is 1.01. The third-order valence-electron chi connectivity index (χ3n) is 1.91. The number of halogens is 2. The van der Waals surface area contributed by atoms with E-state index in [1.165, 1.54) is 0 Å². The Morgan fingerprint density at radius 1 is 1.36 bits per heavy atom. The quantitative estimate of drug-likeness (QED) is 0.838. The van der Waals surface area contributed by atoms with E-state index in [-0.39, 0.29) is 12.6 Å². The highest BCUT2D eigenvalue weighted by Crippen LogP contribution is 2.22. The molecule has 0 radical (unpaired) electrons. The van der Waals surface area contributed by atoms with Crippen LogP contribution in [0.4, 0.5) is 0 Å². The van der Waals surface area contributed by atoms with E-state index in [2.05, 4.69) is 5.32 Å². The molecule has 0 bridgehead atoms. The van der Waals surface area contributed by atoms with Crippen LogP contribution < -0.4 is 5.32 Å². The van der Waals surface area contributed by atoms with Crippen molar-refractivity contribution in [1.29, 1.82) is 0 Å². The Balaban J connectivity index is 2.55. The molecule has 4 heteroatoms. The largest absolute Gasteiger partial charge is 0.395 e. The lowest BCUT2D eigenvalue weighted by Gasteiger charge is -2.10. The monoisotopic (exact) mass is 233 g/mol. The fourth-order valence-corrected chi connectivity index (χ4v) is 1.33. The minimum Gasteiger partial charge on any atom is -0.395 e. The van der Waals surface area contributed by atoms with Gasteiger partial charge in [0.15, 0.2) is 0 Å². The van der Waals surface area contributed by atoms with Crippen LogP contribution in [0.15, 0.2) is 18.2 Å². The molecule has 1 aromatic rings. The van der Waals surface area contributed by atoms with Crippen LogP contribution in [0.3, 0.4) is 0 Å². The summed E-state index contributed by atoms with van der Waals surface area (Å²) in [7, 11) is 0. The van der Waals surface area contributed by atoms with Gasteiger partial charge in [0.25, 0.3) is 0 Å². The number of rotatable bonds is 4. The van der Waals surface area contributed by atoms with E-state index in [9.17, 15) is 0 Å². The molecular weight excluding hydrogens is 221 g/mol. The minimum atomic E-state index is 0.0875. The molecule has 2 nitrogen and oxygen atoms in total. The first-order chi connectivity index (χ1) is 6.63. The Morgan fingerprint density at radius 2 is 2.07 bits per heavy atom. The zero-order valence-corrected chi connectivity index (χ0v) is 9.44. The zero-order valence-electron chi connectivity index (χ0n) is 7.93. The van der Waals surface area contributed by atoms with Crippen molar-refractivity contribution in [1.82, 2.24) is 5.32 Å². The Kier molecular flexibility index (Phi) is 4.69. The number of aliphatic hydroxyl groups is 1. The van der Waals surface area contributed by atoms with E-state index in [4.69, 9.17) is 28.3 Å². The van der Waals surface area contributed by atoms with E-state index < -0.39 is 0 Å². The molecule has 1 aromatic carbocycles. The first-order valence-electron chi connectivity index (χ1n) is 4.41. The van der Waals surface area contributed by atoms with Gasteiger partial charge in [-0.2, -0.15) is 0 Å². The Labute approximate surface area is 93.8 Å². The van der Waals surface area contributed by atoms with Crippen molar-refractivity contribution < 1.29 is 5.11 Å². The average Bonchev–Trinajstić information content (AvgIpc) is 2.19. The number of hydrogen-bond donors (Lipinski definition) is 2. The van der Waals surface area contributed by atoms with Gasteiger partial charge in [-0.05, 0) is 24.6 Å². The van der Waals surface area contributed by atoms with Gasteiger partial charge in [-0.1, -0.05) is 29.3 Å². The second-order valence-corrected chi connectivity index (χ2v) is 4.03. The molecule has 0 saturated carbocycles. The normalized spacial score (nSPS) is 12.9. The van der Waals surface area contributed by atoms with Gasteiger partial charge in [-0.25, -0.2) is 0 Å². The lowest BCUT2D eigenvalue weighted by Crippen LogP contribution is -2.28. The third-order valence-corrected chi connectivity index (χ3v) is 2.65. The van der Waals surface area contributed by atoms with Crippen molar-refractivity contribution in [3.05, 3.63) is 33.8 Å². The Morgan fingerprint density at radius 3 is 2.64 bits per heavy atom. The van der Waals surface area contributed by atoms with Gasteiger partial charge >= 0.3 is 0 Å². The van der Waals surface area contributed by atoms with Crippen LogP contribution >= 0.6 is 23.2 Å². The molecule has 2 N–H and O–H groups in total. The summed E-state index contributed by atoms with van der Waals surface area (Å²) < 4.78 is 0. The lowest BCUT2D eigenvalue weighted by atomic mass is 10.2. The summed E-state index contributed by atoms with van der Waals surface area (Å²) in [5, 5.41) is 13.1. The summed E-state index contributed by atoms with van der Waals surface area (Å²) in [5.74, 6) is 0. The van der Waals surface area contributed by atoms with Crippen LogP contribution in [-0.2, 0) is 6.54 Å². The van der Waals surface area contributed by atoms with Gasteiger partial charge in [0.2, 0.25) is 0 Å². The molecule has 0 amide bonds. The van der Waals surface area contributed by atoms with Gasteiger partial charge in [0.1, 0.15) is 0 Å². The van der Waals surface area contributed by atoms with Crippen molar-refractivity contribution in [3.63, 3.8) is 0 Å². The molecule has 0 spiro atoms. The number of benzene rings is 1. The number of hydrogen-bond acceptors (Lipinski definition) is 2. The smallest absolute Gasteiger partial charge is 0.0595 e. The zero-order chi connectivity index (χ0) is 10.6. The van der Waals surface area contributed by atoms with E-state index >= 15 is 0 Å². The van der Waals surface area contributed by atoms with Crippen molar-refractivity contribution >= 4 is 23.2 Å². The molecule has 1 atom stereocenters. The predicted molar refractivity (Wildman–Crippen MR) is 59.8 cm³/mol. The summed E-state index contributed by atoms with van der Waals surface area (Å²) in [4.78, 5) is 0. The fraction of sp³-hybridized carbons (Fsp3) is 0.400. The molecule has 0 aliphatic heterocycles. The highest BCUT2D eigenvalue weighted by molar-refractivity contribution is 6.42. The van der Waals surface area contributed by atoms with Crippen LogP contribution in [-0.4, -0.2) is 17.8 Å². The van der Waals surface area contributed by atoms with Crippen molar-refractivity contribution in [2.75, 3.05) is 6.61 Å². The predicted octanol–water partition coefficient (Wildman–Crippen LogP) is 2.46. The first kappa shape index (κ1) is 11.8. The highest BCUT2D eigenvalue weighted by atomic mass is 35.5. The molecule has 0 aliphatic carbocycles. The molecule has 0 aliphatic rings. The standard InChI is InChI=1S/C10H13Cl2NO/c1-7(6-14)13-5-8-2-3-9(11)10(12)4-8/h2-4,7,13-14H,5-6H2,1H3/t7-/m0/s1. The van der Waals surface area contributed by atoms with E-state index in [1.807, 2.05) is 19.1 Å². The van der Waals surface area contributed by atoms with Crippen LogP contribution in [0.1, 0.15) is 12.5 Å². The molecule has 78 valence electrons. The highest BCUT2D eigenvalue weighted by Gasteiger charge is 2.01. The topological polar surface area (TPSA) is 32.3 Å².